The number of nitrogens with two attached hydrogens (primary N) is 1. The topological polar surface area (TPSA) is 116 Å². The second-order valence-electron chi connectivity index (χ2n) is 14.8. The van der Waals surface area contributed by atoms with Gasteiger partial charge in [-0.3, -0.25) is 20.3 Å². The molecule has 0 aromatic carbocycles. The van der Waals surface area contributed by atoms with Gasteiger partial charge in [-0.2, -0.15) is 0 Å². The predicted molar refractivity (Wildman–Crippen MR) is 175 cm³/mol. The molecule has 6 rings (SSSR count). The van der Waals surface area contributed by atoms with E-state index in [-0.39, 0.29) is 36.2 Å². The van der Waals surface area contributed by atoms with Crippen molar-refractivity contribution in [3.8, 4) is 11.8 Å². The maximum atomic E-state index is 12.7. The maximum absolute atomic E-state index is 12.7. The van der Waals surface area contributed by atoms with Crippen LogP contribution in [0.1, 0.15) is 77.0 Å². The average molecular weight is 627 g/mol. The third-order valence-corrected chi connectivity index (χ3v) is 11.5. The number of carbonyl (C=O) groups is 1. The van der Waals surface area contributed by atoms with Gasteiger partial charge >= 0.3 is 0 Å². The number of nitrogens with zero attached hydrogens (tertiary/aromatic N) is 3. The summed E-state index contributed by atoms with van der Waals surface area (Å²) < 4.78 is 12.5. The van der Waals surface area contributed by atoms with Crippen molar-refractivity contribution in [2.45, 2.75) is 119 Å². The lowest BCUT2D eigenvalue weighted by molar-refractivity contribution is -0.128. The van der Waals surface area contributed by atoms with Crippen LogP contribution in [-0.2, 0) is 14.3 Å². The summed E-state index contributed by atoms with van der Waals surface area (Å²) in [6.07, 6.45) is 17.2. The van der Waals surface area contributed by atoms with Crippen molar-refractivity contribution in [2.24, 2.45) is 23.5 Å². The number of piperidine rings is 1. The van der Waals surface area contributed by atoms with Crippen LogP contribution in [0.3, 0.4) is 0 Å². The minimum atomic E-state index is -1.10. The number of ether oxygens (including phenoxy) is 2. The number of rotatable bonds is 7. The Morgan fingerprint density at radius 1 is 1.04 bits per heavy atom. The summed E-state index contributed by atoms with van der Waals surface area (Å²) in [7, 11) is 3.97. The van der Waals surface area contributed by atoms with Crippen molar-refractivity contribution < 1.29 is 19.4 Å². The number of nitrogens with one attached hydrogen (secondary N) is 2. The van der Waals surface area contributed by atoms with Crippen molar-refractivity contribution in [1.29, 1.82) is 0 Å². The highest BCUT2D eigenvalue weighted by Crippen LogP contribution is 2.47. The van der Waals surface area contributed by atoms with Gasteiger partial charge < -0.3 is 30.1 Å². The number of fused-ring (bicyclic) bond motifs is 1. The van der Waals surface area contributed by atoms with Gasteiger partial charge in [0.05, 0.1) is 37.2 Å². The smallest absolute Gasteiger partial charge is 0.246 e. The highest BCUT2D eigenvalue weighted by atomic mass is 16.5. The standard InChI is InChI=1S/C35H58N6O4/c1-39(2)19-6-9-30(42)40-20-17-35(43,18-21-40)16-14-29-31(25-10-12-28(13-11-25)45-27-7-4-3-5-8-27)32-33(36)37-24-38-34(32)41(29)26-15-22-44-23-26/h6,9,25-29,31-34,37-38,43H,3-5,7-8,10-13,15,17-24,36H2,1-2H3/b9-6+. The van der Waals surface area contributed by atoms with Gasteiger partial charge in [0, 0.05) is 63.8 Å². The monoisotopic (exact) mass is 626 g/mol. The number of likely N-dealkylation sites (tertiary alicyclic amines) is 2. The van der Waals surface area contributed by atoms with E-state index in [2.05, 4.69) is 27.4 Å². The van der Waals surface area contributed by atoms with Gasteiger partial charge in [-0.05, 0) is 70.9 Å². The van der Waals surface area contributed by atoms with Crippen LogP contribution < -0.4 is 16.4 Å². The Morgan fingerprint density at radius 3 is 2.47 bits per heavy atom. The Balaban J connectivity index is 1.18. The molecule has 0 radical (unpaired) electrons. The zero-order valence-corrected chi connectivity index (χ0v) is 27.7. The second-order valence-corrected chi connectivity index (χ2v) is 14.8. The Kier molecular flexibility index (Phi) is 11.2. The summed E-state index contributed by atoms with van der Waals surface area (Å²) in [6, 6.07) is 0.275. The molecule has 2 aliphatic carbocycles. The van der Waals surface area contributed by atoms with Crippen molar-refractivity contribution in [3.63, 3.8) is 0 Å². The molecule has 4 aliphatic heterocycles. The molecule has 1 amide bonds. The van der Waals surface area contributed by atoms with Crippen LogP contribution in [0.25, 0.3) is 0 Å². The number of amides is 1. The first kappa shape index (κ1) is 33.4. The first-order chi connectivity index (χ1) is 21.8. The summed E-state index contributed by atoms with van der Waals surface area (Å²) in [5, 5.41) is 18.9. The molecule has 2 saturated carbocycles. The minimum Gasteiger partial charge on any atom is -0.380 e. The summed E-state index contributed by atoms with van der Waals surface area (Å²) in [4.78, 5) is 19.2. The summed E-state index contributed by atoms with van der Waals surface area (Å²) >= 11 is 0. The minimum absolute atomic E-state index is 0.00910. The quantitative estimate of drug-likeness (QED) is 0.248. The molecule has 5 N–H and O–H groups in total. The van der Waals surface area contributed by atoms with E-state index in [1.165, 1.54) is 32.1 Å². The second kappa shape index (κ2) is 15.1. The largest absolute Gasteiger partial charge is 0.380 e. The zero-order chi connectivity index (χ0) is 31.4. The molecule has 6 fully saturated rings. The average Bonchev–Trinajstić information content (AvgIpc) is 3.68. The molecule has 10 nitrogen and oxygen atoms in total. The number of hydrogen-bond donors (Lipinski definition) is 4. The Labute approximate surface area is 270 Å². The van der Waals surface area contributed by atoms with Crippen LogP contribution in [0, 0.1) is 29.6 Å². The maximum Gasteiger partial charge on any atom is 0.246 e. The van der Waals surface area contributed by atoms with Crippen LogP contribution >= 0.6 is 0 Å². The molecule has 10 heteroatoms. The molecule has 4 heterocycles. The van der Waals surface area contributed by atoms with Crippen molar-refractivity contribution in [1.82, 2.24) is 25.3 Å². The van der Waals surface area contributed by atoms with Crippen LogP contribution in [-0.4, -0.2) is 122 Å². The van der Waals surface area contributed by atoms with Gasteiger partial charge in [0.2, 0.25) is 5.91 Å². The fourth-order valence-electron chi connectivity index (χ4n) is 9.02. The van der Waals surface area contributed by atoms with E-state index in [0.29, 0.717) is 63.3 Å². The Hall–Kier alpha value is -1.55. The van der Waals surface area contributed by atoms with Gasteiger partial charge in [0.1, 0.15) is 5.60 Å². The molecule has 0 spiro atoms. The third kappa shape index (κ3) is 7.95. The Bertz CT molecular complexity index is 1060. The first-order valence-corrected chi connectivity index (χ1v) is 17.9. The Morgan fingerprint density at radius 2 is 1.78 bits per heavy atom. The lowest BCUT2D eigenvalue weighted by Crippen LogP contribution is -2.64. The molecule has 6 aliphatic rings. The molecule has 0 aromatic rings. The number of likely N-dealkylation sites (N-methyl/N-ethyl adjacent to an activating group) is 1. The zero-order valence-electron chi connectivity index (χ0n) is 27.7. The normalized spacial score (nSPS) is 37.9. The third-order valence-electron chi connectivity index (χ3n) is 11.5. The van der Waals surface area contributed by atoms with Crippen LogP contribution in [0.5, 0.6) is 0 Å². The van der Waals surface area contributed by atoms with Crippen LogP contribution in [0.4, 0.5) is 0 Å². The fraction of sp³-hybridized carbons (Fsp3) is 0.857. The molecule has 0 aromatic heterocycles. The highest BCUT2D eigenvalue weighted by Gasteiger charge is 2.56. The molecule has 4 saturated heterocycles. The lowest BCUT2D eigenvalue weighted by Gasteiger charge is -2.41. The fourth-order valence-corrected chi connectivity index (χ4v) is 9.02. The van der Waals surface area contributed by atoms with Crippen molar-refractivity contribution in [3.05, 3.63) is 12.2 Å². The van der Waals surface area contributed by atoms with E-state index in [1.54, 1.807) is 6.08 Å². The van der Waals surface area contributed by atoms with Gasteiger partial charge in [0.15, 0.2) is 0 Å². The van der Waals surface area contributed by atoms with E-state index in [4.69, 9.17) is 15.2 Å². The molecule has 6 unspecified atom stereocenters. The SMILES string of the molecule is CN(C)C/C=C/C(=O)N1CCC(O)(C#CC2C(C3CCC(OC4CCCCC4)CC3)C3C(N)NCNC3N2C2CCOC2)CC1. The van der Waals surface area contributed by atoms with E-state index in [1.807, 2.05) is 30.0 Å². The van der Waals surface area contributed by atoms with E-state index in [0.717, 1.165) is 45.3 Å². The van der Waals surface area contributed by atoms with Gasteiger partial charge in [-0.25, -0.2) is 0 Å². The van der Waals surface area contributed by atoms with E-state index in [9.17, 15) is 9.90 Å². The summed E-state index contributed by atoms with van der Waals surface area (Å²) in [5.74, 6) is 8.15. The lowest BCUT2D eigenvalue weighted by atomic mass is 9.70. The van der Waals surface area contributed by atoms with Crippen LogP contribution in [0.15, 0.2) is 12.2 Å². The first-order valence-electron chi connectivity index (χ1n) is 17.9. The number of carbonyl (C=O) groups excluding carboxylic acids is 1. The number of hydrogen-bond acceptors (Lipinski definition) is 9. The molecule has 45 heavy (non-hydrogen) atoms. The molecular formula is C35H58N6O4. The molecule has 252 valence electrons. The number of aliphatic hydroxyl groups is 1. The van der Waals surface area contributed by atoms with Gasteiger partial charge in [0.25, 0.3) is 0 Å². The van der Waals surface area contributed by atoms with Crippen LogP contribution in [0.2, 0.25) is 0 Å². The summed E-state index contributed by atoms with van der Waals surface area (Å²) in [6.45, 7) is 3.91. The van der Waals surface area contributed by atoms with Gasteiger partial charge in [-0.1, -0.05) is 37.2 Å². The van der Waals surface area contributed by atoms with E-state index >= 15 is 0 Å². The van der Waals surface area contributed by atoms with Crippen molar-refractivity contribution in [2.75, 3.05) is 53.6 Å². The molecular weight excluding hydrogens is 568 g/mol. The molecule has 6 atom stereocenters. The predicted octanol–water partition coefficient (Wildman–Crippen LogP) is 1.84. The van der Waals surface area contributed by atoms with E-state index < -0.39 is 5.60 Å². The highest BCUT2D eigenvalue weighted by molar-refractivity contribution is 5.87. The molecule has 0 bridgehead atoms. The van der Waals surface area contributed by atoms with Crippen molar-refractivity contribution >= 4 is 5.91 Å². The summed E-state index contributed by atoms with van der Waals surface area (Å²) in [5.41, 5.74) is 5.78. The van der Waals surface area contributed by atoms with Gasteiger partial charge in [-0.15, -0.1) is 0 Å².